The molecule has 6 rings (SSSR count). The molecule has 30 atom stereocenters. The Morgan fingerprint density at radius 1 is 0.356 bits per heavy atom. The molecule has 0 aliphatic carbocycles. The summed E-state index contributed by atoms with van der Waals surface area (Å²) in [7, 11) is -41.4. The van der Waals surface area contributed by atoms with Crippen molar-refractivity contribution in [2.45, 2.75) is 192 Å². The van der Waals surface area contributed by atoms with Gasteiger partial charge in [-0.05, 0) is 0 Å². The first kappa shape index (κ1) is 86.1. The number of aliphatic carboxylic acids is 3. The molecule has 1 amide bonds. The third kappa shape index (κ3) is 23.6. The number of rotatable bonds is 31. The van der Waals surface area contributed by atoms with Gasteiger partial charge in [0.15, 0.2) is 62.2 Å². The van der Waals surface area contributed by atoms with Crippen molar-refractivity contribution in [3.63, 3.8) is 0 Å². The summed E-state index contributed by atoms with van der Waals surface area (Å²) in [5.41, 5.74) is 0. The molecule has 588 valence electrons. The van der Waals surface area contributed by atoms with Crippen molar-refractivity contribution in [1.29, 1.82) is 0 Å². The molecule has 62 heteroatoms. The SMILES string of the molecule is CC(=O)N[C@H]1[C@@H](O[C@H]2[C@H](O)[C@@H](O)[C@H](O[C@H]3[C@H](OS(=O)(=O)O)[C@@H](NS(=O)(=O)O)[C@@H](O[C@H]4[C@H](O)[C@@H](OS(=O)(=O)O)C(O[C@H]5[C@H](O)[C@@H](NS(=O)(=O)O)C(O)O[C@@H]5COS(=O)(=O)O)O[C@H]4C(=O)O)O[C@@H]3COS(=O)(=O)O)O[C@@H]2C(=O)O)O[C@H](COS(=O)(=O)O)[C@@H](O[C@@H]2OC(C(=O)O)[C@@H](C)[C@H](O)[C@H]2O)[C@@H]1O. The van der Waals surface area contributed by atoms with Crippen LogP contribution >= 0.6 is 0 Å². The molecule has 55 nitrogen and oxygen atoms in total. The molecule has 0 radical (unpaired) electrons. The van der Waals surface area contributed by atoms with Gasteiger partial charge in [0.1, 0.15) is 110 Å². The van der Waals surface area contributed by atoms with E-state index in [1.165, 1.54) is 4.72 Å². The Morgan fingerprint density at radius 3 is 1.13 bits per heavy atom. The highest BCUT2D eigenvalue weighted by Crippen LogP contribution is 2.40. The van der Waals surface area contributed by atoms with Crippen molar-refractivity contribution in [3.05, 3.63) is 0 Å². The fraction of sp³-hybridized carbons (Fsp3) is 0.897. The van der Waals surface area contributed by atoms with Gasteiger partial charge in [0.05, 0.1) is 25.9 Å². The maximum absolute atomic E-state index is 13.1. The van der Waals surface area contributed by atoms with Crippen molar-refractivity contribution in [3.8, 4) is 0 Å². The summed E-state index contributed by atoms with van der Waals surface area (Å²) in [6.45, 7) is -3.38. The number of carboxylic acids is 3. The van der Waals surface area contributed by atoms with Gasteiger partial charge in [-0.1, -0.05) is 6.92 Å². The second-order valence-corrected chi connectivity index (χ2v) is 29.6. The van der Waals surface area contributed by atoms with E-state index in [9.17, 15) is 166 Å². The summed E-state index contributed by atoms with van der Waals surface area (Å²) in [5.74, 6) is -9.25. The average molecular weight is 1630 g/mol. The Morgan fingerprint density at radius 2 is 0.703 bits per heavy atom. The van der Waals surface area contributed by atoms with Gasteiger partial charge in [0.2, 0.25) is 5.91 Å². The summed E-state index contributed by atoms with van der Waals surface area (Å²) in [6, 6.07) is -8.14. The molecule has 6 fully saturated rings. The lowest BCUT2D eigenvalue weighted by atomic mass is 9.90. The van der Waals surface area contributed by atoms with Gasteiger partial charge in [0.25, 0.3) is 0 Å². The van der Waals surface area contributed by atoms with E-state index in [0.717, 1.165) is 18.6 Å². The first-order valence-electron chi connectivity index (χ1n) is 27.2. The highest BCUT2D eigenvalue weighted by Gasteiger charge is 2.62. The number of carbonyl (C=O) groups excluding carboxylic acids is 1. The quantitative estimate of drug-likeness (QED) is 0.0287. The Bertz CT molecular complexity index is 3760. The van der Waals surface area contributed by atoms with E-state index in [4.69, 9.17) is 52.1 Å². The zero-order valence-electron chi connectivity index (χ0n) is 49.7. The van der Waals surface area contributed by atoms with Crippen LogP contribution in [0.4, 0.5) is 0 Å². The largest absolute Gasteiger partial charge is 0.479 e. The van der Waals surface area contributed by atoms with Crippen molar-refractivity contribution >= 4 is 96.4 Å². The van der Waals surface area contributed by atoms with Crippen LogP contribution in [-0.4, -0.2) is 369 Å². The Kier molecular flexibility index (Phi) is 28.3. The molecule has 0 saturated carbocycles. The maximum Gasteiger partial charge on any atom is 0.397 e. The normalized spacial score (nSPS) is 40.3. The zero-order valence-corrected chi connectivity index (χ0v) is 55.4. The summed E-state index contributed by atoms with van der Waals surface area (Å²) in [6.07, 6.45) is -72.9. The second kappa shape index (κ2) is 33.1. The van der Waals surface area contributed by atoms with Crippen LogP contribution < -0.4 is 14.8 Å². The first-order valence-corrected chi connectivity index (χ1v) is 36.9. The fourth-order valence-corrected chi connectivity index (χ4v) is 13.7. The van der Waals surface area contributed by atoms with Crippen LogP contribution in [0, 0.1) is 5.92 Å². The first-order chi connectivity index (χ1) is 45.9. The number of nitrogens with one attached hydrogen (secondary N) is 3. The lowest BCUT2D eigenvalue weighted by Crippen LogP contribution is -2.71. The van der Waals surface area contributed by atoms with Gasteiger partial charge >= 0.3 is 90.5 Å². The van der Waals surface area contributed by atoms with Gasteiger partial charge in [-0.15, -0.1) is 0 Å². The zero-order chi connectivity index (χ0) is 76.7. The van der Waals surface area contributed by atoms with Crippen molar-refractivity contribution in [2.24, 2.45) is 5.92 Å². The van der Waals surface area contributed by atoms with Crippen LogP contribution in [0.25, 0.3) is 0 Å². The fourth-order valence-electron chi connectivity index (χ4n) is 10.6. The molecule has 101 heavy (non-hydrogen) atoms. The Hall–Kier alpha value is -3.79. The Labute approximate surface area is 565 Å². The van der Waals surface area contributed by atoms with Gasteiger partial charge in [-0.3, -0.25) is 36.7 Å². The molecular weight excluding hydrogens is 1570 g/mol. The van der Waals surface area contributed by atoms with E-state index in [1.807, 2.05) is 5.32 Å². The molecule has 6 aliphatic heterocycles. The minimum absolute atomic E-state index is 0.734. The molecular formula is C39H63N3O52S7. The predicted octanol–water partition coefficient (Wildman–Crippen LogP) is -14.5. The standard InChI is InChI=1S/C39H63N3O52S7/c1-6-14(44)18(48)37(85-21(6)31(51)52)86-23-9(4-80-98(67,68)69)83-35(12(16(23)46)40-7(2)43)89-26-17(47)19(49)38(91-29(26)32(53)54)88-24-10(5-81-99(70,71)72)84-36(13(42-96(61,62)63)25(24)93-100(73,74)75)90-27-20(50)28(94-101(76,77)78)39(92-30(27)33(55)56)87-22-8(3-79-97(64,65)66)82-34(57)11(15(22)45)41-95(58,59)60/h6,8-30,34-39,41-42,44-50,57H,3-5H2,1-2H3,(H,40,43)(H,51,52)(H,53,54)(H,55,56)(H,58,59,60)(H,61,62,63)(H,64,65,66)(H,67,68,69)(H,70,71,72)(H,73,74,75)(H,76,77,78)/t6-,8+,9+,10+,11+,12+,13+,14-,15+,16+,17+,18+,19+,20-,21?,22+,23+,24+,25+,26-,27-,28+,29-,30+,34?,35+,36+,37-,38+,39?/m0/s1. The maximum atomic E-state index is 13.1. The van der Waals surface area contributed by atoms with E-state index in [-0.39, 0.29) is 0 Å². The topological polar surface area (TPSA) is 855 Å². The number of ether oxygens (including phenoxy) is 11. The van der Waals surface area contributed by atoms with E-state index in [1.54, 1.807) is 0 Å². The molecule has 6 heterocycles. The minimum Gasteiger partial charge on any atom is -0.479 e. The Balaban J connectivity index is 1.39. The molecule has 0 spiro atoms. The molecule has 21 N–H and O–H groups in total. The number of aliphatic hydroxyl groups is 8. The number of hydrogen-bond acceptors (Lipinski definition) is 42. The molecule has 0 aromatic heterocycles. The molecule has 3 unspecified atom stereocenters. The van der Waals surface area contributed by atoms with E-state index in [2.05, 4.69) is 20.9 Å². The second-order valence-electron chi connectivity index (χ2n) is 21.8. The summed E-state index contributed by atoms with van der Waals surface area (Å²) >= 11 is 0. The van der Waals surface area contributed by atoms with Crippen LogP contribution in [-0.2, 0) is 165 Å². The number of aliphatic hydroxyl groups excluding tert-OH is 8. The number of hydrogen-bond donors (Lipinski definition) is 21. The third-order valence-electron chi connectivity index (χ3n) is 14.7. The average Bonchev–Trinajstić information content (AvgIpc) is 0.770. The number of carbonyl (C=O) groups is 4. The summed E-state index contributed by atoms with van der Waals surface area (Å²) in [5, 5.41) is 123. The summed E-state index contributed by atoms with van der Waals surface area (Å²) in [4.78, 5) is 50.8. The third-order valence-corrected chi connectivity index (χ3v) is 18.1. The lowest BCUT2D eigenvalue weighted by Gasteiger charge is -2.50. The van der Waals surface area contributed by atoms with Crippen molar-refractivity contribution < 1.29 is 239 Å². The van der Waals surface area contributed by atoms with Crippen LogP contribution in [0.2, 0.25) is 0 Å². The molecule has 0 bridgehead atoms. The van der Waals surface area contributed by atoms with Crippen LogP contribution in [0.15, 0.2) is 0 Å². The van der Waals surface area contributed by atoms with E-state index < -0.39 is 300 Å². The molecule has 0 aromatic rings. The van der Waals surface area contributed by atoms with Gasteiger partial charge < -0.3 is 114 Å². The molecule has 6 aliphatic rings. The van der Waals surface area contributed by atoms with Crippen molar-refractivity contribution in [1.82, 2.24) is 14.8 Å². The van der Waals surface area contributed by atoms with E-state index in [0.29, 0.717) is 0 Å². The highest BCUT2D eigenvalue weighted by molar-refractivity contribution is 7.84. The predicted molar refractivity (Wildman–Crippen MR) is 293 cm³/mol. The number of amides is 1. The van der Waals surface area contributed by atoms with Crippen LogP contribution in [0.3, 0.4) is 0 Å². The lowest BCUT2D eigenvalue weighted by molar-refractivity contribution is -0.376. The molecule has 0 aromatic carbocycles. The number of carboxylic acid groups (broad SMARTS) is 3. The summed E-state index contributed by atoms with van der Waals surface area (Å²) < 4.78 is 321. The van der Waals surface area contributed by atoms with Crippen LogP contribution in [0.5, 0.6) is 0 Å². The van der Waals surface area contributed by atoms with Gasteiger partial charge in [0, 0.05) is 12.8 Å². The monoisotopic (exact) mass is 1630 g/mol. The van der Waals surface area contributed by atoms with Crippen LogP contribution in [0.1, 0.15) is 13.8 Å². The minimum atomic E-state index is -6.39. The smallest absolute Gasteiger partial charge is 0.397 e. The van der Waals surface area contributed by atoms with Gasteiger partial charge in [-0.2, -0.15) is 68.4 Å². The van der Waals surface area contributed by atoms with Gasteiger partial charge in [-0.25, -0.2) is 35.3 Å². The molecule has 6 saturated heterocycles. The van der Waals surface area contributed by atoms with Crippen molar-refractivity contribution in [2.75, 3.05) is 19.8 Å². The van der Waals surface area contributed by atoms with E-state index >= 15 is 0 Å². The highest BCUT2D eigenvalue weighted by atomic mass is 32.3.